The molecule has 3 aromatic carbocycles. The fraction of sp³-hybridized carbons (Fsp3) is 0.258. The lowest BCUT2D eigenvalue weighted by atomic mass is 9.92. The lowest BCUT2D eigenvalue weighted by molar-refractivity contribution is -0.664. The first kappa shape index (κ1) is 19.5. The molecule has 4 nitrogen and oxygen atoms in total. The summed E-state index contributed by atoms with van der Waals surface area (Å²) in [5.41, 5.74) is 6.13. The van der Waals surface area contributed by atoms with E-state index in [9.17, 15) is 0 Å². The zero-order valence-corrected chi connectivity index (χ0v) is 21.3. The molecule has 35 heavy (non-hydrogen) atoms. The van der Waals surface area contributed by atoms with Crippen molar-refractivity contribution < 1.29 is 7.31 Å². The smallest absolute Gasteiger partial charge is 0.317 e. The molecule has 0 amide bonds. The van der Waals surface area contributed by atoms with Crippen LogP contribution in [0.1, 0.15) is 53.4 Å². The van der Waals surface area contributed by atoms with E-state index < -0.39 is 11.8 Å². The predicted octanol–water partition coefficient (Wildman–Crippen LogP) is 7.14. The molecule has 176 valence electrons. The first-order valence-corrected chi connectivity index (χ1v) is 12.2. The summed E-state index contributed by atoms with van der Waals surface area (Å²) in [5.74, 6) is -0.728. The summed E-state index contributed by atoms with van der Waals surface area (Å²) in [5, 5.41) is 3.67. The highest BCUT2D eigenvalue weighted by Crippen LogP contribution is 2.39. The first-order valence-electron chi connectivity index (χ1n) is 13.2. The lowest BCUT2D eigenvalue weighted by Crippen LogP contribution is -2.33. The molecule has 0 aliphatic carbocycles. The van der Waals surface area contributed by atoms with Crippen LogP contribution in [0.3, 0.4) is 0 Å². The van der Waals surface area contributed by atoms with Gasteiger partial charge in [0.15, 0.2) is 5.65 Å². The number of fused-ring (bicyclic) bond motifs is 5. The maximum Gasteiger partial charge on any atom is 0.375 e. The zero-order valence-electron chi connectivity index (χ0n) is 23.3. The largest absolute Gasteiger partial charge is 0.375 e. The normalized spacial score (nSPS) is 13.7. The van der Waals surface area contributed by atoms with Crippen molar-refractivity contribution in [3.05, 3.63) is 90.3 Å². The Kier molecular flexibility index (Phi) is 4.39. The number of benzene rings is 3. The molecule has 0 unspecified atom stereocenters. The SMILES string of the molecule is [2H]C(C)(C)c1cccc(C([2H])(C)C)c1-n1cc[n+](C)c1-n1c2ccccc2c2c3ccccc3n(C)c21. The number of hydrogen-bond donors (Lipinski definition) is 0. The Morgan fingerprint density at radius 2 is 1.34 bits per heavy atom. The molecule has 0 bridgehead atoms. The Morgan fingerprint density at radius 3 is 1.97 bits per heavy atom. The zero-order chi connectivity index (χ0) is 26.3. The van der Waals surface area contributed by atoms with Gasteiger partial charge < -0.3 is 4.57 Å². The van der Waals surface area contributed by atoms with Crippen molar-refractivity contribution in [2.24, 2.45) is 14.1 Å². The van der Waals surface area contributed by atoms with Gasteiger partial charge in [0.2, 0.25) is 0 Å². The van der Waals surface area contributed by atoms with Gasteiger partial charge >= 0.3 is 5.95 Å². The topological polar surface area (TPSA) is 18.7 Å². The molecule has 0 spiro atoms. The third kappa shape index (κ3) is 3.02. The number of para-hydroxylation sites is 3. The number of rotatable bonds is 4. The molecule has 3 heterocycles. The van der Waals surface area contributed by atoms with Crippen molar-refractivity contribution in [2.45, 2.75) is 39.5 Å². The van der Waals surface area contributed by atoms with Gasteiger partial charge in [-0.05, 0) is 35.0 Å². The highest BCUT2D eigenvalue weighted by molar-refractivity contribution is 6.21. The molecule has 0 fully saturated rings. The van der Waals surface area contributed by atoms with Gasteiger partial charge in [-0.15, -0.1) is 0 Å². The van der Waals surface area contributed by atoms with Gasteiger partial charge in [0.25, 0.3) is 0 Å². The molecule has 6 aromatic rings. The summed E-state index contributed by atoms with van der Waals surface area (Å²) in [6, 6.07) is 23.2. The summed E-state index contributed by atoms with van der Waals surface area (Å²) in [6.07, 6.45) is 4.13. The maximum atomic E-state index is 8.99. The van der Waals surface area contributed by atoms with Crippen LogP contribution in [0.4, 0.5) is 0 Å². The third-order valence-corrected chi connectivity index (χ3v) is 7.23. The van der Waals surface area contributed by atoms with Crippen molar-refractivity contribution in [3.63, 3.8) is 0 Å². The molecular weight excluding hydrogens is 428 g/mol. The summed E-state index contributed by atoms with van der Waals surface area (Å²) in [6.45, 7) is 7.68. The van der Waals surface area contributed by atoms with Crippen molar-refractivity contribution in [3.8, 4) is 11.6 Å². The molecule has 0 radical (unpaired) electrons. The van der Waals surface area contributed by atoms with Crippen molar-refractivity contribution in [2.75, 3.05) is 0 Å². The fourth-order valence-electron chi connectivity index (χ4n) is 5.62. The number of nitrogens with zero attached hydrogens (tertiary/aromatic N) is 4. The predicted molar refractivity (Wildman–Crippen MR) is 146 cm³/mol. The van der Waals surface area contributed by atoms with E-state index in [2.05, 4.69) is 93.3 Å². The third-order valence-electron chi connectivity index (χ3n) is 7.23. The summed E-state index contributed by atoms with van der Waals surface area (Å²) >= 11 is 0. The van der Waals surface area contributed by atoms with Crippen molar-refractivity contribution in [1.82, 2.24) is 13.7 Å². The van der Waals surface area contributed by atoms with Gasteiger partial charge in [0, 0.05) is 20.6 Å². The minimum atomic E-state index is -0.843. The first-order chi connectivity index (χ1) is 17.5. The number of aromatic nitrogens is 4. The highest BCUT2D eigenvalue weighted by Gasteiger charge is 2.30. The van der Waals surface area contributed by atoms with E-state index in [1.54, 1.807) is 0 Å². The average Bonchev–Trinajstić information content (AvgIpc) is 3.48. The van der Waals surface area contributed by atoms with E-state index in [0.717, 1.165) is 33.9 Å². The second-order valence-electron chi connectivity index (χ2n) is 9.91. The molecule has 3 aromatic heterocycles. The lowest BCUT2D eigenvalue weighted by Gasteiger charge is -2.19. The second kappa shape index (κ2) is 7.88. The van der Waals surface area contributed by atoms with Crippen LogP contribution in [0.25, 0.3) is 44.5 Å². The minimum absolute atomic E-state index is 0.843. The van der Waals surface area contributed by atoms with Crippen LogP contribution in [0.2, 0.25) is 0 Å². The molecule has 4 heteroatoms. The van der Waals surface area contributed by atoms with Crippen LogP contribution in [-0.4, -0.2) is 13.7 Å². The molecule has 0 N–H and O–H groups in total. The summed E-state index contributed by atoms with van der Waals surface area (Å²) in [4.78, 5) is 0. The standard InChI is InChI=1S/C31H33N4/c1-20(2)22-14-11-15-23(21(3)4)29(22)34-19-18-32(5)31(34)35-27-17-10-8-13-25(27)28-24-12-7-9-16-26(24)33(6)30(28)35/h7-21H,1-6H3/q+1/i20D,21D. The van der Waals surface area contributed by atoms with Gasteiger partial charge in [0.05, 0.1) is 24.1 Å². The highest BCUT2D eigenvalue weighted by atomic mass is 15.3. The quantitative estimate of drug-likeness (QED) is 0.248. The van der Waals surface area contributed by atoms with Gasteiger partial charge in [-0.25, -0.2) is 9.13 Å². The Labute approximate surface area is 209 Å². The van der Waals surface area contributed by atoms with E-state index in [1.165, 1.54) is 21.7 Å². The van der Waals surface area contributed by atoms with Gasteiger partial charge in [-0.2, -0.15) is 4.57 Å². The van der Waals surface area contributed by atoms with Crippen LogP contribution >= 0.6 is 0 Å². The molecule has 0 atom stereocenters. The molecule has 0 aliphatic heterocycles. The van der Waals surface area contributed by atoms with Gasteiger partial charge in [-0.3, -0.25) is 0 Å². The molecule has 0 saturated heterocycles. The minimum Gasteiger partial charge on any atom is -0.317 e. The van der Waals surface area contributed by atoms with Gasteiger partial charge in [0.1, 0.15) is 17.4 Å². The van der Waals surface area contributed by atoms with Crippen LogP contribution < -0.4 is 4.57 Å². The van der Waals surface area contributed by atoms with E-state index in [4.69, 9.17) is 2.74 Å². The van der Waals surface area contributed by atoms with E-state index in [1.807, 2.05) is 45.9 Å². The monoisotopic (exact) mass is 463 g/mol. The van der Waals surface area contributed by atoms with E-state index in [0.29, 0.717) is 0 Å². The molecular formula is C31H33N4+. The summed E-state index contributed by atoms with van der Waals surface area (Å²) in [7, 11) is 4.20. The Hall–Kier alpha value is -3.79. The molecule has 6 rings (SSSR count). The van der Waals surface area contributed by atoms with Crippen molar-refractivity contribution in [1.29, 1.82) is 0 Å². The van der Waals surface area contributed by atoms with E-state index >= 15 is 0 Å². The van der Waals surface area contributed by atoms with Crippen LogP contribution in [0.5, 0.6) is 0 Å². The van der Waals surface area contributed by atoms with Gasteiger partial charge in [-0.1, -0.05) is 82.3 Å². The average molecular weight is 464 g/mol. The Balaban J connectivity index is 1.81. The fourth-order valence-corrected chi connectivity index (χ4v) is 5.62. The number of imidazole rings is 1. The van der Waals surface area contributed by atoms with Crippen molar-refractivity contribution >= 4 is 32.8 Å². The Bertz CT molecular complexity index is 1790. The summed E-state index contributed by atoms with van der Waals surface area (Å²) < 4.78 is 26.9. The number of hydrogen-bond acceptors (Lipinski definition) is 0. The molecule has 0 aliphatic rings. The number of aryl methyl sites for hydroxylation is 2. The van der Waals surface area contributed by atoms with Crippen LogP contribution in [0, 0.1) is 0 Å². The Morgan fingerprint density at radius 1 is 0.771 bits per heavy atom. The van der Waals surface area contributed by atoms with Crippen LogP contribution in [0.15, 0.2) is 79.1 Å². The van der Waals surface area contributed by atoms with Crippen LogP contribution in [-0.2, 0) is 14.1 Å². The molecule has 0 saturated carbocycles. The second-order valence-corrected chi connectivity index (χ2v) is 9.91. The van der Waals surface area contributed by atoms with E-state index in [-0.39, 0.29) is 0 Å². The maximum absolute atomic E-state index is 8.99.